The van der Waals surface area contributed by atoms with Gasteiger partial charge in [-0.1, -0.05) is 0 Å². The Morgan fingerprint density at radius 1 is 1.16 bits per heavy atom. The molecule has 2 rings (SSSR count). The Kier molecular flexibility index (Phi) is 3.57. The number of hydrazine groups is 1. The zero-order chi connectivity index (χ0) is 14.0. The molecule has 4 nitrogen and oxygen atoms in total. The van der Waals surface area contributed by atoms with Gasteiger partial charge in [0, 0.05) is 6.07 Å². The van der Waals surface area contributed by atoms with E-state index in [1.165, 1.54) is 12.1 Å². The van der Waals surface area contributed by atoms with Crippen LogP contribution in [0, 0.1) is 24.4 Å². The van der Waals surface area contributed by atoms with Gasteiger partial charge in [0.1, 0.15) is 11.6 Å². The van der Waals surface area contributed by atoms with Crippen LogP contribution in [0.2, 0.25) is 0 Å². The quantitative estimate of drug-likeness (QED) is 0.664. The minimum absolute atomic E-state index is 0.211. The second-order valence-corrected chi connectivity index (χ2v) is 3.76. The highest BCUT2D eigenvalue weighted by Crippen LogP contribution is 2.28. The molecule has 1 aromatic heterocycles. The second-order valence-electron chi connectivity index (χ2n) is 3.76. The molecule has 0 spiro atoms. The molecule has 0 radical (unpaired) electrons. The van der Waals surface area contributed by atoms with Crippen molar-refractivity contribution in [2.45, 2.75) is 6.92 Å². The number of hydrogen-bond donors (Lipinski definition) is 2. The monoisotopic (exact) mass is 269 g/mol. The fourth-order valence-corrected chi connectivity index (χ4v) is 1.45. The Labute approximate surface area is 107 Å². The molecule has 0 fully saturated rings. The first-order valence-corrected chi connectivity index (χ1v) is 5.28. The molecule has 0 saturated heterocycles. The predicted octanol–water partition coefficient (Wildman–Crippen LogP) is 2.89. The number of halogens is 3. The third kappa shape index (κ3) is 2.76. The second kappa shape index (κ2) is 5.15. The predicted molar refractivity (Wildman–Crippen MR) is 63.2 cm³/mol. The topological polar surface area (TPSA) is 60.2 Å². The molecular weight excluding hydrogens is 259 g/mol. The van der Waals surface area contributed by atoms with Crippen molar-refractivity contribution in [3.8, 4) is 11.6 Å². The number of hydrogen-bond acceptors (Lipinski definition) is 4. The van der Waals surface area contributed by atoms with E-state index in [0.29, 0.717) is 11.6 Å². The van der Waals surface area contributed by atoms with Crippen LogP contribution in [0.25, 0.3) is 0 Å². The lowest BCUT2D eigenvalue weighted by molar-refractivity contribution is 0.414. The first-order valence-electron chi connectivity index (χ1n) is 5.28. The minimum atomic E-state index is -0.986. The maximum Gasteiger partial charge on any atom is 0.258 e. The molecule has 0 saturated carbocycles. The molecule has 0 amide bonds. The maximum absolute atomic E-state index is 13.5. The summed E-state index contributed by atoms with van der Waals surface area (Å²) in [4.78, 5) is 3.55. The van der Waals surface area contributed by atoms with Gasteiger partial charge in [-0.05, 0) is 30.7 Å². The first kappa shape index (κ1) is 13.2. The van der Waals surface area contributed by atoms with Crippen molar-refractivity contribution >= 4 is 5.82 Å². The van der Waals surface area contributed by atoms with Crippen LogP contribution in [0.4, 0.5) is 19.0 Å². The molecule has 1 heterocycles. The average molecular weight is 269 g/mol. The number of nitrogens with one attached hydrogen (secondary N) is 1. The largest absolute Gasteiger partial charge is 0.436 e. The van der Waals surface area contributed by atoms with Gasteiger partial charge in [0.15, 0.2) is 17.5 Å². The van der Waals surface area contributed by atoms with Crippen LogP contribution < -0.4 is 16.0 Å². The summed E-state index contributed by atoms with van der Waals surface area (Å²) in [5, 5.41) is 0. The summed E-state index contributed by atoms with van der Waals surface area (Å²) >= 11 is 0. The van der Waals surface area contributed by atoms with E-state index in [9.17, 15) is 13.2 Å². The van der Waals surface area contributed by atoms with E-state index in [1.54, 1.807) is 6.92 Å². The van der Waals surface area contributed by atoms with Crippen molar-refractivity contribution in [1.82, 2.24) is 4.98 Å². The van der Waals surface area contributed by atoms with E-state index in [-0.39, 0.29) is 11.6 Å². The van der Waals surface area contributed by atoms with Crippen LogP contribution in [0.3, 0.4) is 0 Å². The Bertz CT molecular complexity index is 619. The molecule has 2 aromatic rings. The molecule has 0 bridgehead atoms. The summed E-state index contributed by atoms with van der Waals surface area (Å²) in [6, 6.07) is 4.30. The number of aryl methyl sites for hydroxylation is 1. The molecule has 0 aliphatic carbocycles. The van der Waals surface area contributed by atoms with Gasteiger partial charge in [-0.2, -0.15) is 4.98 Å². The van der Waals surface area contributed by atoms with Crippen molar-refractivity contribution in [2.24, 2.45) is 5.84 Å². The Hall–Kier alpha value is -2.28. The van der Waals surface area contributed by atoms with Gasteiger partial charge in [-0.25, -0.2) is 19.0 Å². The lowest BCUT2D eigenvalue weighted by Gasteiger charge is -2.10. The van der Waals surface area contributed by atoms with Crippen LogP contribution in [-0.2, 0) is 0 Å². The third-order valence-corrected chi connectivity index (χ3v) is 2.38. The van der Waals surface area contributed by atoms with E-state index >= 15 is 0 Å². The number of anilines is 1. The van der Waals surface area contributed by atoms with E-state index < -0.39 is 23.3 Å². The molecular formula is C12H10F3N3O. The standard InChI is InChI=1S/C12H10F3N3O/c1-6-4-7(13)2-3-10(6)19-12-9(15)5-8(14)11(17-12)18-16/h2-5H,16H2,1H3,(H,17,18). The van der Waals surface area contributed by atoms with Crippen molar-refractivity contribution in [3.63, 3.8) is 0 Å². The van der Waals surface area contributed by atoms with Crippen molar-refractivity contribution in [3.05, 3.63) is 47.3 Å². The summed E-state index contributed by atoms with van der Waals surface area (Å²) in [6.45, 7) is 1.59. The summed E-state index contributed by atoms with van der Waals surface area (Å²) in [6.07, 6.45) is 0. The number of pyridine rings is 1. The Morgan fingerprint density at radius 3 is 2.53 bits per heavy atom. The van der Waals surface area contributed by atoms with Gasteiger partial charge in [0.2, 0.25) is 0 Å². The van der Waals surface area contributed by atoms with E-state index in [0.717, 1.165) is 6.07 Å². The lowest BCUT2D eigenvalue weighted by atomic mass is 10.2. The van der Waals surface area contributed by atoms with E-state index in [1.807, 2.05) is 5.43 Å². The zero-order valence-electron chi connectivity index (χ0n) is 9.88. The number of nitrogens with two attached hydrogens (primary N) is 1. The molecule has 19 heavy (non-hydrogen) atoms. The van der Waals surface area contributed by atoms with Crippen molar-refractivity contribution < 1.29 is 17.9 Å². The number of nitrogens with zero attached hydrogens (tertiary/aromatic N) is 1. The van der Waals surface area contributed by atoms with Crippen LogP contribution in [-0.4, -0.2) is 4.98 Å². The summed E-state index contributed by atoms with van der Waals surface area (Å²) in [5.41, 5.74) is 2.43. The van der Waals surface area contributed by atoms with Crippen LogP contribution in [0.5, 0.6) is 11.6 Å². The van der Waals surface area contributed by atoms with Gasteiger partial charge in [0.05, 0.1) is 0 Å². The third-order valence-electron chi connectivity index (χ3n) is 2.38. The van der Waals surface area contributed by atoms with E-state index in [2.05, 4.69) is 4.98 Å². The van der Waals surface area contributed by atoms with Crippen molar-refractivity contribution in [2.75, 3.05) is 5.43 Å². The van der Waals surface area contributed by atoms with Crippen LogP contribution in [0.15, 0.2) is 24.3 Å². The number of benzene rings is 1. The van der Waals surface area contributed by atoms with Gasteiger partial charge in [-0.15, -0.1) is 0 Å². The normalized spacial score (nSPS) is 10.4. The van der Waals surface area contributed by atoms with Crippen LogP contribution in [0.1, 0.15) is 5.56 Å². The molecule has 7 heteroatoms. The minimum Gasteiger partial charge on any atom is -0.436 e. The van der Waals surface area contributed by atoms with Crippen LogP contribution >= 0.6 is 0 Å². The van der Waals surface area contributed by atoms with Gasteiger partial charge < -0.3 is 10.2 Å². The van der Waals surface area contributed by atoms with Gasteiger partial charge in [0.25, 0.3) is 5.88 Å². The van der Waals surface area contributed by atoms with Gasteiger partial charge in [-0.3, -0.25) is 0 Å². The zero-order valence-corrected chi connectivity index (χ0v) is 9.88. The summed E-state index contributed by atoms with van der Waals surface area (Å²) in [5.74, 6) is 2.07. The summed E-state index contributed by atoms with van der Waals surface area (Å²) < 4.78 is 44.7. The fraction of sp³-hybridized carbons (Fsp3) is 0.0833. The Morgan fingerprint density at radius 2 is 1.89 bits per heavy atom. The number of rotatable bonds is 3. The molecule has 1 aromatic carbocycles. The Balaban J connectivity index is 2.37. The maximum atomic E-state index is 13.5. The number of aromatic nitrogens is 1. The highest BCUT2D eigenvalue weighted by atomic mass is 19.1. The smallest absolute Gasteiger partial charge is 0.258 e. The van der Waals surface area contributed by atoms with Crippen molar-refractivity contribution in [1.29, 1.82) is 0 Å². The van der Waals surface area contributed by atoms with Gasteiger partial charge >= 0.3 is 0 Å². The summed E-state index contributed by atoms with van der Waals surface area (Å²) in [7, 11) is 0. The first-order chi connectivity index (χ1) is 9.01. The molecule has 0 unspecified atom stereocenters. The molecule has 0 aliphatic heterocycles. The highest BCUT2D eigenvalue weighted by Gasteiger charge is 2.14. The number of nitrogen functional groups attached to an aromatic ring is 1. The highest BCUT2D eigenvalue weighted by molar-refractivity contribution is 5.41. The SMILES string of the molecule is Cc1cc(F)ccc1Oc1nc(NN)c(F)cc1F. The number of ether oxygens (including phenoxy) is 1. The molecule has 3 N–H and O–H groups in total. The molecule has 100 valence electrons. The van der Waals surface area contributed by atoms with E-state index in [4.69, 9.17) is 10.6 Å². The molecule has 0 atom stereocenters. The lowest BCUT2D eigenvalue weighted by Crippen LogP contribution is -2.11. The fourth-order valence-electron chi connectivity index (χ4n) is 1.45. The average Bonchev–Trinajstić information content (AvgIpc) is 2.35. The molecule has 0 aliphatic rings.